The van der Waals surface area contributed by atoms with Crippen LogP contribution in [0.3, 0.4) is 0 Å². The summed E-state index contributed by atoms with van der Waals surface area (Å²) in [5, 5.41) is 11.1. The van der Waals surface area contributed by atoms with Crippen LogP contribution in [0.15, 0.2) is 41.1 Å². The lowest BCUT2D eigenvalue weighted by atomic mass is 10.1. The van der Waals surface area contributed by atoms with E-state index >= 15 is 0 Å². The molecule has 20 heavy (non-hydrogen) atoms. The normalized spacial score (nSPS) is 10.7. The maximum atomic E-state index is 5.22. The summed E-state index contributed by atoms with van der Waals surface area (Å²) in [5.74, 6) is 0.672. The Labute approximate surface area is 116 Å². The Kier molecular flexibility index (Phi) is 3.20. The first-order chi connectivity index (χ1) is 9.72. The Balaban J connectivity index is 1.69. The Morgan fingerprint density at radius 1 is 1.25 bits per heavy atom. The van der Waals surface area contributed by atoms with Crippen molar-refractivity contribution in [1.29, 1.82) is 0 Å². The van der Waals surface area contributed by atoms with Crippen LogP contribution in [0.4, 0.5) is 5.69 Å². The van der Waals surface area contributed by atoms with Gasteiger partial charge in [-0.1, -0.05) is 17.3 Å². The molecule has 0 aliphatic heterocycles. The van der Waals surface area contributed by atoms with Gasteiger partial charge in [-0.25, -0.2) is 4.98 Å². The summed E-state index contributed by atoms with van der Waals surface area (Å²) in [7, 11) is 1.88. The van der Waals surface area contributed by atoms with Crippen LogP contribution in [0.2, 0.25) is 0 Å². The van der Waals surface area contributed by atoms with Crippen molar-refractivity contribution < 1.29 is 4.42 Å². The minimum absolute atomic E-state index is 0.672. The van der Waals surface area contributed by atoms with Crippen LogP contribution in [0, 0.1) is 6.92 Å². The van der Waals surface area contributed by atoms with Gasteiger partial charge in [0.1, 0.15) is 12.0 Å². The molecule has 0 saturated heterocycles. The van der Waals surface area contributed by atoms with Crippen molar-refractivity contribution in [2.45, 2.75) is 13.5 Å². The zero-order valence-corrected chi connectivity index (χ0v) is 11.4. The van der Waals surface area contributed by atoms with E-state index in [1.54, 1.807) is 17.1 Å². The summed E-state index contributed by atoms with van der Waals surface area (Å²) in [4.78, 5) is 4.30. The van der Waals surface area contributed by atoms with Crippen LogP contribution in [-0.2, 0) is 13.6 Å². The van der Waals surface area contributed by atoms with Gasteiger partial charge in [-0.2, -0.15) is 0 Å². The molecule has 2 heterocycles. The number of aryl methyl sites for hydroxylation is 2. The van der Waals surface area contributed by atoms with Gasteiger partial charge in [0.05, 0.1) is 18.4 Å². The number of nitrogens with zero attached hydrogens (tertiary/aromatic N) is 4. The van der Waals surface area contributed by atoms with E-state index in [1.807, 2.05) is 38.2 Å². The van der Waals surface area contributed by atoms with E-state index in [4.69, 9.17) is 4.42 Å². The van der Waals surface area contributed by atoms with Gasteiger partial charge in [0, 0.05) is 25.2 Å². The van der Waals surface area contributed by atoms with Crippen LogP contribution in [-0.4, -0.2) is 20.0 Å². The van der Waals surface area contributed by atoms with Crippen LogP contribution >= 0.6 is 0 Å². The first-order valence-electron chi connectivity index (χ1n) is 6.32. The summed E-state index contributed by atoms with van der Waals surface area (Å²) in [6.07, 6.45) is 3.42. The lowest BCUT2D eigenvalue weighted by Gasteiger charge is -2.06. The van der Waals surface area contributed by atoms with Crippen molar-refractivity contribution in [2.75, 3.05) is 5.32 Å². The topological polar surface area (TPSA) is 68.8 Å². The quantitative estimate of drug-likeness (QED) is 0.787. The minimum Gasteiger partial charge on any atom is -0.449 e. The number of rotatable bonds is 4. The van der Waals surface area contributed by atoms with Crippen LogP contribution in [0.25, 0.3) is 11.3 Å². The van der Waals surface area contributed by atoms with Crippen LogP contribution < -0.4 is 5.32 Å². The predicted octanol–water partition coefficient (Wildman–Crippen LogP) is 2.39. The lowest BCUT2D eigenvalue weighted by molar-refractivity contribution is 0.521. The number of aromatic nitrogens is 4. The molecule has 0 aliphatic carbocycles. The highest BCUT2D eigenvalue weighted by Gasteiger charge is 2.04. The second kappa shape index (κ2) is 5.16. The summed E-state index contributed by atoms with van der Waals surface area (Å²) in [6, 6.07) is 8.06. The highest BCUT2D eigenvalue weighted by atomic mass is 16.3. The Bertz CT molecular complexity index is 698. The SMILES string of the molecule is Cc1nc(-c2ccc(NCc3cnnn3C)cc2)co1. The molecule has 0 atom stereocenters. The molecule has 3 rings (SSSR count). The van der Waals surface area contributed by atoms with Gasteiger partial charge in [-0.3, -0.25) is 4.68 Å². The van der Waals surface area contributed by atoms with Crippen molar-refractivity contribution in [3.63, 3.8) is 0 Å². The fourth-order valence-corrected chi connectivity index (χ4v) is 1.92. The minimum atomic E-state index is 0.672. The Hall–Kier alpha value is -2.63. The third-order valence-corrected chi connectivity index (χ3v) is 3.08. The molecule has 6 nitrogen and oxygen atoms in total. The van der Waals surface area contributed by atoms with E-state index in [0.717, 1.165) is 22.6 Å². The predicted molar refractivity (Wildman–Crippen MR) is 75.0 cm³/mol. The summed E-state index contributed by atoms with van der Waals surface area (Å²) in [5.41, 5.74) is 3.95. The first-order valence-corrected chi connectivity index (χ1v) is 6.32. The molecule has 2 aromatic heterocycles. The highest BCUT2D eigenvalue weighted by molar-refractivity contribution is 5.61. The highest BCUT2D eigenvalue weighted by Crippen LogP contribution is 2.20. The van der Waals surface area contributed by atoms with Gasteiger partial charge in [0.15, 0.2) is 5.89 Å². The van der Waals surface area contributed by atoms with Crippen molar-refractivity contribution >= 4 is 5.69 Å². The van der Waals surface area contributed by atoms with E-state index in [2.05, 4.69) is 20.6 Å². The average Bonchev–Trinajstić information content (AvgIpc) is 3.06. The van der Waals surface area contributed by atoms with E-state index in [-0.39, 0.29) is 0 Å². The van der Waals surface area contributed by atoms with Crippen molar-refractivity contribution in [3.8, 4) is 11.3 Å². The van der Waals surface area contributed by atoms with Crippen molar-refractivity contribution in [1.82, 2.24) is 20.0 Å². The monoisotopic (exact) mass is 269 g/mol. The van der Waals surface area contributed by atoms with E-state index in [9.17, 15) is 0 Å². The third-order valence-electron chi connectivity index (χ3n) is 3.08. The molecule has 0 saturated carbocycles. The van der Waals surface area contributed by atoms with Crippen LogP contribution in [0.1, 0.15) is 11.6 Å². The summed E-state index contributed by atoms with van der Waals surface area (Å²) in [6.45, 7) is 2.52. The Morgan fingerprint density at radius 3 is 2.65 bits per heavy atom. The van der Waals surface area contributed by atoms with Gasteiger partial charge < -0.3 is 9.73 Å². The molecule has 102 valence electrons. The number of oxazole rings is 1. The number of benzene rings is 1. The molecule has 0 fully saturated rings. The number of nitrogens with one attached hydrogen (secondary N) is 1. The standard InChI is InChI=1S/C14H15N5O/c1-10-17-14(9-20-10)11-3-5-12(6-4-11)15-7-13-8-16-18-19(13)2/h3-6,8-9,15H,7H2,1-2H3. The first kappa shape index (κ1) is 12.4. The van der Waals surface area contributed by atoms with Gasteiger partial charge >= 0.3 is 0 Å². The van der Waals surface area contributed by atoms with Gasteiger partial charge in [0.2, 0.25) is 0 Å². The molecule has 1 N–H and O–H groups in total. The molecule has 0 spiro atoms. The molecule has 3 aromatic rings. The largest absolute Gasteiger partial charge is 0.449 e. The van der Waals surface area contributed by atoms with E-state index in [0.29, 0.717) is 12.4 Å². The average molecular weight is 269 g/mol. The second-order valence-corrected chi connectivity index (χ2v) is 4.53. The molecule has 1 aromatic carbocycles. The molecule has 0 amide bonds. The third kappa shape index (κ3) is 2.54. The van der Waals surface area contributed by atoms with Crippen molar-refractivity contribution in [2.24, 2.45) is 7.05 Å². The maximum absolute atomic E-state index is 5.22. The molecular weight excluding hydrogens is 254 g/mol. The second-order valence-electron chi connectivity index (χ2n) is 4.53. The fraction of sp³-hybridized carbons (Fsp3) is 0.214. The molecular formula is C14H15N5O. The zero-order chi connectivity index (χ0) is 13.9. The summed E-state index contributed by atoms with van der Waals surface area (Å²) >= 11 is 0. The Morgan fingerprint density at radius 2 is 2.05 bits per heavy atom. The molecule has 6 heteroatoms. The van der Waals surface area contributed by atoms with Gasteiger partial charge in [-0.15, -0.1) is 5.10 Å². The molecule has 0 radical (unpaired) electrons. The number of anilines is 1. The number of hydrogen-bond acceptors (Lipinski definition) is 5. The maximum Gasteiger partial charge on any atom is 0.191 e. The molecule has 0 aliphatic rings. The smallest absolute Gasteiger partial charge is 0.191 e. The van der Waals surface area contributed by atoms with Crippen molar-refractivity contribution in [3.05, 3.63) is 48.3 Å². The van der Waals surface area contributed by atoms with Gasteiger partial charge in [0.25, 0.3) is 0 Å². The van der Waals surface area contributed by atoms with Crippen LogP contribution in [0.5, 0.6) is 0 Å². The molecule has 0 bridgehead atoms. The number of hydrogen-bond donors (Lipinski definition) is 1. The van der Waals surface area contributed by atoms with Gasteiger partial charge in [-0.05, 0) is 12.1 Å². The fourth-order valence-electron chi connectivity index (χ4n) is 1.92. The summed E-state index contributed by atoms with van der Waals surface area (Å²) < 4.78 is 6.96. The zero-order valence-electron chi connectivity index (χ0n) is 11.4. The van der Waals surface area contributed by atoms with E-state index < -0.39 is 0 Å². The lowest BCUT2D eigenvalue weighted by Crippen LogP contribution is -2.05. The van der Waals surface area contributed by atoms with E-state index in [1.165, 1.54) is 0 Å². The molecule has 0 unspecified atom stereocenters.